The number of carbonyl (C=O) groups excluding carboxylic acids is 2. The van der Waals surface area contributed by atoms with Crippen molar-refractivity contribution in [2.75, 3.05) is 5.75 Å². The van der Waals surface area contributed by atoms with Gasteiger partial charge in [0.1, 0.15) is 28.9 Å². The van der Waals surface area contributed by atoms with E-state index in [1.54, 1.807) is 0 Å². The van der Waals surface area contributed by atoms with Crippen LogP contribution in [0.2, 0.25) is 0 Å². The quantitative estimate of drug-likeness (QED) is 0.495. The number of β-lactam (4-membered cyclic amide) rings is 1. The van der Waals surface area contributed by atoms with Crippen LogP contribution < -0.4 is 11.1 Å². The molecule has 1 aromatic rings. The van der Waals surface area contributed by atoms with E-state index in [1.165, 1.54) is 6.92 Å². The Kier molecular flexibility index (Phi) is 3.39. The molecule has 0 bridgehead atoms. The fourth-order valence-corrected chi connectivity index (χ4v) is 4.47. The Labute approximate surface area is 156 Å². The summed E-state index contributed by atoms with van der Waals surface area (Å²) in [6.07, 6.45) is 0. The summed E-state index contributed by atoms with van der Waals surface area (Å²) in [6, 6.07) is -6.04. The Morgan fingerprint density at radius 2 is 2.04 bits per heavy atom. The van der Waals surface area contributed by atoms with Gasteiger partial charge in [0.15, 0.2) is 0 Å². The van der Waals surface area contributed by atoms with Crippen LogP contribution in [-0.4, -0.2) is 54.3 Å². The van der Waals surface area contributed by atoms with E-state index in [0.29, 0.717) is 0 Å². The number of phenolic OH excluding ortho intramolecular Hbond substituents is 1. The zero-order valence-electron chi connectivity index (χ0n) is 17.4. The molecule has 0 radical (unpaired) electrons. The number of nitrogens with zero attached hydrogens (tertiary/aromatic N) is 1. The van der Waals surface area contributed by atoms with Crippen LogP contribution in [0, 0.1) is 0 Å². The van der Waals surface area contributed by atoms with E-state index >= 15 is 0 Å². The number of hydrogen-bond donors (Lipinski definition) is 4. The number of fused-ring (bicyclic) bond motifs is 1. The third-order valence-corrected chi connectivity index (χ3v) is 5.78. The number of carboxylic acids is 1. The highest BCUT2D eigenvalue weighted by Gasteiger charge is 2.56. The SMILES string of the molecule is [2H]c1c([2H])c([C@@H](N)C(=O)N[C@@H]2C(=O)N3C(C(=O)O)=C(C)CS(=O)[C@H]23)c([2H])c([2H])c1O. The molecule has 2 aliphatic rings. The molecule has 2 amide bonds. The maximum Gasteiger partial charge on any atom is 0.352 e. The number of carbonyl (C=O) groups is 3. The highest BCUT2D eigenvalue weighted by atomic mass is 32.2. The molecule has 10 heteroatoms. The average molecular weight is 383 g/mol. The number of aromatic hydroxyl groups is 1. The Balaban J connectivity index is 1.87. The molecule has 138 valence electrons. The molecule has 9 nitrogen and oxygen atoms in total. The van der Waals surface area contributed by atoms with Gasteiger partial charge in [-0.1, -0.05) is 12.1 Å². The first kappa shape index (κ1) is 13.5. The fraction of sp³-hybridized carbons (Fsp3) is 0.312. The molecule has 0 spiro atoms. The first-order valence-electron chi connectivity index (χ1n) is 9.38. The van der Waals surface area contributed by atoms with Gasteiger partial charge in [-0.3, -0.25) is 18.7 Å². The number of amides is 2. The monoisotopic (exact) mass is 383 g/mol. The number of rotatable bonds is 4. The molecule has 0 aliphatic carbocycles. The summed E-state index contributed by atoms with van der Waals surface area (Å²) in [7, 11) is -1.68. The Morgan fingerprint density at radius 1 is 1.42 bits per heavy atom. The molecule has 4 atom stereocenters. The van der Waals surface area contributed by atoms with Crippen LogP contribution in [0.1, 0.15) is 24.0 Å². The predicted octanol–water partition coefficient (Wildman–Crippen LogP) is -0.834. The molecule has 2 heterocycles. The van der Waals surface area contributed by atoms with E-state index in [0.717, 1.165) is 4.90 Å². The van der Waals surface area contributed by atoms with Gasteiger partial charge in [-0.15, -0.1) is 0 Å². The summed E-state index contributed by atoms with van der Waals surface area (Å²) in [4.78, 5) is 37.3. The third kappa shape index (κ3) is 2.86. The normalized spacial score (nSPS) is 28.2. The number of hydrogen-bond acceptors (Lipinski definition) is 6. The highest BCUT2D eigenvalue weighted by molar-refractivity contribution is 7.86. The van der Waals surface area contributed by atoms with Gasteiger partial charge >= 0.3 is 5.97 Å². The zero-order chi connectivity index (χ0) is 22.7. The van der Waals surface area contributed by atoms with Crippen molar-refractivity contribution < 1.29 is 34.3 Å². The van der Waals surface area contributed by atoms with Crippen molar-refractivity contribution in [2.24, 2.45) is 5.73 Å². The van der Waals surface area contributed by atoms with Crippen molar-refractivity contribution in [1.82, 2.24) is 10.2 Å². The van der Waals surface area contributed by atoms with Gasteiger partial charge in [-0.25, -0.2) is 4.79 Å². The minimum Gasteiger partial charge on any atom is -0.508 e. The molecule has 1 saturated heterocycles. The van der Waals surface area contributed by atoms with Crippen molar-refractivity contribution in [3.63, 3.8) is 0 Å². The van der Waals surface area contributed by atoms with Gasteiger partial charge in [-0.2, -0.15) is 0 Å². The minimum atomic E-state index is -1.73. The number of nitrogens with one attached hydrogen (secondary N) is 1. The van der Waals surface area contributed by atoms with Crippen molar-refractivity contribution in [3.8, 4) is 5.75 Å². The summed E-state index contributed by atoms with van der Waals surface area (Å²) >= 11 is 0. The van der Waals surface area contributed by atoms with E-state index in [9.17, 15) is 28.8 Å². The molecule has 1 aromatic carbocycles. The highest BCUT2D eigenvalue weighted by Crippen LogP contribution is 2.34. The molecule has 2 aliphatic heterocycles. The van der Waals surface area contributed by atoms with Gasteiger partial charge in [-0.05, 0) is 30.1 Å². The van der Waals surface area contributed by atoms with Crippen LogP contribution in [0.3, 0.4) is 0 Å². The van der Waals surface area contributed by atoms with Gasteiger partial charge in [0, 0.05) is 5.75 Å². The van der Waals surface area contributed by atoms with Crippen molar-refractivity contribution in [2.45, 2.75) is 24.4 Å². The Bertz CT molecular complexity index is 1030. The minimum absolute atomic E-state index is 0.0927. The maximum atomic E-state index is 12.6. The number of nitrogens with two attached hydrogens (primary N) is 1. The van der Waals surface area contributed by atoms with E-state index in [1.807, 2.05) is 0 Å². The molecular weight excluding hydrogens is 362 g/mol. The molecule has 3 rings (SSSR count). The summed E-state index contributed by atoms with van der Waals surface area (Å²) in [5, 5.41) is 20.1. The average Bonchev–Trinajstić information content (AvgIpc) is 2.68. The predicted molar refractivity (Wildman–Crippen MR) is 90.9 cm³/mol. The number of carboxylic acid groups (broad SMARTS) is 1. The molecule has 0 saturated carbocycles. The van der Waals surface area contributed by atoms with Crippen LogP contribution in [0.25, 0.3) is 0 Å². The first-order chi connectivity index (χ1) is 13.9. The summed E-state index contributed by atoms with van der Waals surface area (Å²) in [6.45, 7) is 1.44. The van der Waals surface area contributed by atoms with Crippen LogP contribution in [0.5, 0.6) is 5.75 Å². The Morgan fingerprint density at radius 3 is 2.62 bits per heavy atom. The lowest BCUT2D eigenvalue weighted by atomic mass is 10.0. The second-order valence-corrected chi connectivity index (χ2v) is 7.32. The summed E-state index contributed by atoms with van der Waals surface area (Å²) < 4.78 is 43.3. The van der Waals surface area contributed by atoms with E-state index in [2.05, 4.69) is 5.32 Å². The van der Waals surface area contributed by atoms with E-state index < -0.39 is 81.5 Å². The lowest BCUT2D eigenvalue weighted by Gasteiger charge is -2.49. The smallest absolute Gasteiger partial charge is 0.352 e. The molecule has 26 heavy (non-hydrogen) atoms. The largest absolute Gasteiger partial charge is 0.508 e. The van der Waals surface area contributed by atoms with Crippen LogP contribution in [-0.2, 0) is 25.2 Å². The van der Waals surface area contributed by atoms with Gasteiger partial charge < -0.3 is 21.3 Å². The maximum absolute atomic E-state index is 12.6. The lowest BCUT2D eigenvalue weighted by molar-refractivity contribution is -0.151. The van der Waals surface area contributed by atoms with Gasteiger partial charge in [0.2, 0.25) is 5.91 Å². The zero-order valence-corrected chi connectivity index (χ0v) is 14.2. The Hall–Kier alpha value is -2.72. The topological polar surface area (TPSA) is 150 Å². The first-order valence-corrected chi connectivity index (χ1v) is 8.76. The summed E-state index contributed by atoms with van der Waals surface area (Å²) in [5.41, 5.74) is 5.28. The van der Waals surface area contributed by atoms with E-state index in [4.69, 9.17) is 11.2 Å². The number of phenols is 1. The lowest BCUT2D eigenvalue weighted by Crippen LogP contribution is -2.73. The van der Waals surface area contributed by atoms with Crippen LogP contribution in [0.4, 0.5) is 0 Å². The fourth-order valence-electron chi connectivity index (χ4n) is 2.81. The molecule has 0 aromatic heterocycles. The second-order valence-electron chi connectivity index (χ2n) is 5.78. The van der Waals surface area contributed by atoms with Gasteiger partial charge in [0.05, 0.1) is 16.3 Å². The molecular formula is C16H17N3O6S. The standard InChI is InChI=1S/C16H17N3O6S/c1-7-6-26(25)15-11(14(22)19(15)12(7)16(23)24)18-13(21)10(17)8-2-4-9(20)5-3-8/h2-5,10-11,15,20H,6,17H2,1H3,(H,18,21)(H,23,24)/t10-,11-,15-,26?/m1/s1/i2D,3D,4D,5D. The number of aliphatic carboxylic acids is 1. The number of benzene rings is 1. The van der Waals surface area contributed by atoms with Gasteiger partial charge in [0.25, 0.3) is 5.91 Å². The molecule has 5 N–H and O–H groups in total. The third-order valence-electron chi connectivity index (χ3n) is 4.04. The molecule has 1 unspecified atom stereocenters. The van der Waals surface area contributed by atoms with E-state index in [-0.39, 0.29) is 17.0 Å². The summed E-state index contributed by atoms with van der Waals surface area (Å²) in [5.74, 6) is -4.19. The van der Waals surface area contributed by atoms with Crippen molar-refractivity contribution >= 4 is 28.6 Å². The van der Waals surface area contributed by atoms with Crippen LogP contribution >= 0.6 is 0 Å². The van der Waals surface area contributed by atoms with Crippen molar-refractivity contribution in [1.29, 1.82) is 0 Å². The van der Waals surface area contributed by atoms with Crippen molar-refractivity contribution in [3.05, 3.63) is 41.0 Å². The molecule has 1 fully saturated rings. The second kappa shape index (κ2) is 6.54. The van der Waals surface area contributed by atoms with Crippen LogP contribution in [0.15, 0.2) is 35.4 Å².